The van der Waals surface area contributed by atoms with E-state index < -0.39 is 0 Å². The summed E-state index contributed by atoms with van der Waals surface area (Å²) in [6.45, 7) is 4.69. The van der Waals surface area contributed by atoms with Crippen LogP contribution in [0.4, 0.5) is 0 Å². The molecule has 20 heavy (non-hydrogen) atoms. The van der Waals surface area contributed by atoms with Gasteiger partial charge < -0.3 is 9.64 Å². The Morgan fingerprint density at radius 1 is 1.45 bits per heavy atom. The van der Waals surface area contributed by atoms with Crippen molar-refractivity contribution < 1.29 is 9.53 Å². The van der Waals surface area contributed by atoms with Crippen molar-refractivity contribution in [1.29, 1.82) is 0 Å². The van der Waals surface area contributed by atoms with Crippen molar-refractivity contribution in [2.75, 3.05) is 26.3 Å². The number of ether oxygens (including phenoxy) is 1. The van der Waals surface area contributed by atoms with Gasteiger partial charge in [-0.25, -0.2) is 9.97 Å². The normalized spacial score (nSPS) is 20.1. The lowest BCUT2D eigenvalue weighted by Gasteiger charge is -2.21. The molecule has 106 valence electrons. The average Bonchev–Trinajstić information content (AvgIpc) is 2.71. The lowest BCUT2D eigenvalue weighted by Crippen LogP contribution is -2.36. The van der Waals surface area contributed by atoms with E-state index in [2.05, 4.69) is 32.8 Å². The first-order valence-electron chi connectivity index (χ1n) is 6.51. The summed E-state index contributed by atoms with van der Waals surface area (Å²) in [5.74, 6) is 0.321. The SMILES string of the molecule is C[C@H]1COCCN(C(=O)c2cnc3cnc(Br)cn23)C1. The average molecular weight is 339 g/mol. The Kier molecular flexibility index (Phi) is 3.71. The topological polar surface area (TPSA) is 59.7 Å². The van der Waals surface area contributed by atoms with Gasteiger partial charge in [0.2, 0.25) is 0 Å². The van der Waals surface area contributed by atoms with Crippen LogP contribution < -0.4 is 0 Å². The summed E-state index contributed by atoms with van der Waals surface area (Å²) in [4.78, 5) is 22.8. The van der Waals surface area contributed by atoms with Crippen LogP contribution in [-0.2, 0) is 4.74 Å². The van der Waals surface area contributed by atoms with Crippen LogP contribution >= 0.6 is 15.9 Å². The molecule has 0 radical (unpaired) electrons. The minimum atomic E-state index is -0.0204. The van der Waals surface area contributed by atoms with E-state index in [4.69, 9.17) is 4.74 Å². The molecule has 1 amide bonds. The molecule has 7 heteroatoms. The quantitative estimate of drug-likeness (QED) is 0.792. The Morgan fingerprint density at radius 3 is 3.15 bits per heavy atom. The van der Waals surface area contributed by atoms with Crippen LogP contribution in [0.15, 0.2) is 23.2 Å². The van der Waals surface area contributed by atoms with Crippen molar-refractivity contribution in [2.45, 2.75) is 6.92 Å². The van der Waals surface area contributed by atoms with Gasteiger partial charge >= 0.3 is 0 Å². The van der Waals surface area contributed by atoms with Crippen molar-refractivity contribution >= 4 is 27.5 Å². The molecule has 0 saturated carbocycles. The number of carbonyl (C=O) groups is 1. The minimum Gasteiger partial charge on any atom is -0.379 e. The van der Waals surface area contributed by atoms with Gasteiger partial charge in [0.15, 0.2) is 5.65 Å². The van der Waals surface area contributed by atoms with Crippen molar-refractivity contribution in [1.82, 2.24) is 19.3 Å². The van der Waals surface area contributed by atoms with Gasteiger partial charge in [-0.1, -0.05) is 6.92 Å². The fourth-order valence-electron chi connectivity index (χ4n) is 2.35. The summed E-state index contributed by atoms with van der Waals surface area (Å²) < 4.78 is 7.91. The van der Waals surface area contributed by atoms with Crippen LogP contribution in [-0.4, -0.2) is 51.5 Å². The van der Waals surface area contributed by atoms with Gasteiger partial charge in [-0.05, 0) is 21.8 Å². The molecule has 1 aliphatic heterocycles. The smallest absolute Gasteiger partial charge is 0.272 e. The standard InChI is InChI=1S/C13H15BrN4O2/c1-9-6-17(2-3-20-8-9)13(19)10-4-16-12-5-15-11(14)7-18(10)12/h4-5,7,9H,2-3,6,8H2,1H3/t9-/m1/s1. The number of imidazole rings is 1. The monoisotopic (exact) mass is 338 g/mol. The van der Waals surface area contributed by atoms with Gasteiger partial charge in [-0.3, -0.25) is 9.20 Å². The van der Waals surface area contributed by atoms with Crippen molar-refractivity contribution in [3.63, 3.8) is 0 Å². The molecule has 0 spiro atoms. The van der Waals surface area contributed by atoms with Gasteiger partial charge in [0.05, 0.1) is 25.6 Å². The molecule has 0 bridgehead atoms. The van der Waals surface area contributed by atoms with Gasteiger partial charge in [0, 0.05) is 19.3 Å². The van der Waals surface area contributed by atoms with E-state index in [0.29, 0.717) is 48.2 Å². The van der Waals surface area contributed by atoms with Crippen LogP contribution in [0.5, 0.6) is 0 Å². The molecule has 0 unspecified atom stereocenters. The molecule has 0 aliphatic carbocycles. The number of hydrogen-bond acceptors (Lipinski definition) is 4. The predicted octanol–water partition coefficient (Wildman–Crippen LogP) is 1.60. The third-order valence-corrected chi connectivity index (χ3v) is 3.72. The zero-order valence-electron chi connectivity index (χ0n) is 11.1. The van der Waals surface area contributed by atoms with Crippen LogP contribution in [0, 0.1) is 5.92 Å². The van der Waals surface area contributed by atoms with E-state index in [-0.39, 0.29) is 5.91 Å². The summed E-state index contributed by atoms with van der Waals surface area (Å²) in [7, 11) is 0. The third kappa shape index (κ3) is 2.55. The zero-order chi connectivity index (χ0) is 14.1. The second kappa shape index (κ2) is 5.49. The highest BCUT2D eigenvalue weighted by Gasteiger charge is 2.23. The Bertz CT molecular complexity index is 642. The molecule has 1 atom stereocenters. The minimum absolute atomic E-state index is 0.0204. The van der Waals surface area contributed by atoms with Gasteiger partial charge in [0.1, 0.15) is 10.3 Å². The molecule has 3 heterocycles. The predicted molar refractivity (Wildman–Crippen MR) is 76.6 cm³/mol. The molecule has 1 fully saturated rings. The van der Waals surface area contributed by atoms with E-state index in [1.54, 1.807) is 23.0 Å². The van der Waals surface area contributed by atoms with Gasteiger partial charge in [-0.15, -0.1) is 0 Å². The maximum atomic E-state index is 12.7. The first kappa shape index (κ1) is 13.5. The highest BCUT2D eigenvalue weighted by molar-refractivity contribution is 9.10. The number of aromatic nitrogens is 3. The van der Waals surface area contributed by atoms with E-state index in [1.807, 2.05) is 4.90 Å². The fourth-order valence-corrected chi connectivity index (χ4v) is 2.66. The third-order valence-electron chi connectivity index (χ3n) is 3.31. The number of hydrogen-bond donors (Lipinski definition) is 0. The summed E-state index contributed by atoms with van der Waals surface area (Å²) in [5, 5.41) is 0. The first-order valence-corrected chi connectivity index (χ1v) is 7.30. The van der Waals surface area contributed by atoms with Crippen molar-refractivity contribution in [3.05, 3.63) is 28.9 Å². The second-order valence-electron chi connectivity index (χ2n) is 5.01. The summed E-state index contributed by atoms with van der Waals surface area (Å²) in [6.07, 6.45) is 4.99. The molecule has 0 aromatic carbocycles. The Hall–Kier alpha value is -1.47. The number of carbonyl (C=O) groups excluding carboxylic acids is 1. The first-order chi connectivity index (χ1) is 9.65. The molecule has 1 aliphatic rings. The number of fused-ring (bicyclic) bond motifs is 1. The summed E-state index contributed by atoms with van der Waals surface area (Å²) in [6, 6.07) is 0. The number of rotatable bonds is 1. The second-order valence-corrected chi connectivity index (χ2v) is 5.83. The molecule has 2 aromatic heterocycles. The highest BCUT2D eigenvalue weighted by atomic mass is 79.9. The maximum Gasteiger partial charge on any atom is 0.272 e. The number of halogens is 1. The Morgan fingerprint density at radius 2 is 2.30 bits per heavy atom. The fraction of sp³-hybridized carbons (Fsp3) is 0.462. The van der Waals surface area contributed by atoms with Crippen LogP contribution in [0.25, 0.3) is 5.65 Å². The van der Waals surface area contributed by atoms with Gasteiger partial charge in [-0.2, -0.15) is 0 Å². The van der Waals surface area contributed by atoms with E-state index in [9.17, 15) is 4.79 Å². The molecule has 6 nitrogen and oxygen atoms in total. The largest absolute Gasteiger partial charge is 0.379 e. The van der Waals surface area contributed by atoms with Crippen molar-refractivity contribution in [3.8, 4) is 0 Å². The Labute approximate surface area is 124 Å². The molecule has 1 saturated heterocycles. The summed E-state index contributed by atoms with van der Waals surface area (Å²) in [5.41, 5.74) is 1.22. The molecular weight excluding hydrogens is 324 g/mol. The molecule has 2 aromatic rings. The Balaban J connectivity index is 1.93. The van der Waals surface area contributed by atoms with Crippen molar-refractivity contribution in [2.24, 2.45) is 5.92 Å². The lowest BCUT2D eigenvalue weighted by molar-refractivity contribution is 0.0731. The molecule has 3 rings (SSSR count). The lowest BCUT2D eigenvalue weighted by atomic mass is 10.2. The molecule has 0 N–H and O–H groups in total. The summed E-state index contributed by atoms with van der Waals surface area (Å²) >= 11 is 3.31. The maximum absolute atomic E-state index is 12.7. The van der Waals surface area contributed by atoms with E-state index >= 15 is 0 Å². The van der Waals surface area contributed by atoms with E-state index in [0.717, 1.165) is 0 Å². The van der Waals surface area contributed by atoms with Crippen LogP contribution in [0.2, 0.25) is 0 Å². The van der Waals surface area contributed by atoms with Gasteiger partial charge in [0.25, 0.3) is 5.91 Å². The zero-order valence-corrected chi connectivity index (χ0v) is 12.7. The highest BCUT2D eigenvalue weighted by Crippen LogP contribution is 2.14. The molecular formula is C13H15BrN4O2. The number of amides is 1. The van der Waals surface area contributed by atoms with Crippen LogP contribution in [0.3, 0.4) is 0 Å². The van der Waals surface area contributed by atoms with E-state index in [1.165, 1.54) is 0 Å². The van der Waals surface area contributed by atoms with Crippen LogP contribution in [0.1, 0.15) is 17.4 Å². The number of nitrogens with zero attached hydrogens (tertiary/aromatic N) is 4.